The summed E-state index contributed by atoms with van der Waals surface area (Å²) in [5.41, 5.74) is 7.09. The minimum absolute atomic E-state index is 0. The van der Waals surface area contributed by atoms with Crippen molar-refractivity contribution in [3.63, 3.8) is 0 Å². The Bertz CT molecular complexity index is 799. The van der Waals surface area contributed by atoms with Gasteiger partial charge in [-0.2, -0.15) is 0 Å². The van der Waals surface area contributed by atoms with Crippen molar-refractivity contribution in [1.29, 1.82) is 0 Å². The highest BCUT2D eigenvalue weighted by Crippen LogP contribution is 2.28. The molecule has 0 saturated heterocycles. The monoisotopic (exact) mass is 381 g/mol. The van der Waals surface area contributed by atoms with Crippen LogP contribution >= 0.6 is 12.4 Å². The predicted molar refractivity (Wildman–Crippen MR) is 100 cm³/mol. The van der Waals surface area contributed by atoms with Crippen LogP contribution in [0.1, 0.15) is 54.0 Å². The number of nitrogens with two attached hydrogens (primary N) is 1. The van der Waals surface area contributed by atoms with Crippen LogP contribution in [0.2, 0.25) is 0 Å². The highest BCUT2D eigenvalue weighted by molar-refractivity contribution is 5.94. The highest BCUT2D eigenvalue weighted by Gasteiger charge is 2.30. The van der Waals surface area contributed by atoms with Crippen LogP contribution in [0.25, 0.3) is 0 Å². The summed E-state index contributed by atoms with van der Waals surface area (Å²) in [6.45, 7) is 7.39. The first-order valence-corrected chi connectivity index (χ1v) is 8.56. The van der Waals surface area contributed by atoms with E-state index in [1.807, 2.05) is 20.8 Å². The second-order valence-corrected chi connectivity index (χ2v) is 7.47. The van der Waals surface area contributed by atoms with Gasteiger partial charge in [-0.1, -0.05) is 26.8 Å². The summed E-state index contributed by atoms with van der Waals surface area (Å²) in [5.74, 6) is 0.670. The molecule has 0 saturated carbocycles. The number of hydrogen-bond acceptors (Lipinski definition) is 4. The summed E-state index contributed by atoms with van der Waals surface area (Å²) in [4.78, 5) is 19.0. The van der Waals surface area contributed by atoms with E-state index in [9.17, 15) is 9.18 Å². The van der Waals surface area contributed by atoms with Crippen LogP contribution in [0, 0.1) is 5.82 Å². The fraction of sp³-hybridized carbons (Fsp3) is 0.474. The van der Waals surface area contributed by atoms with Crippen LogP contribution in [0.4, 0.5) is 4.39 Å². The number of carbonyl (C=O) groups is 1. The van der Waals surface area contributed by atoms with Gasteiger partial charge in [-0.25, -0.2) is 9.37 Å². The predicted octanol–water partition coefficient (Wildman–Crippen LogP) is 3.23. The number of fused-ring (bicyclic) bond motifs is 1. The average molecular weight is 382 g/mol. The molecule has 5 nitrogen and oxygen atoms in total. The van der Waals surface area contributed by atoms with E-state index in [1.165, 1.54) is 6.07 Å². The van der Waals surface area contributed by atoms with Crippen LogP contribution < -0.4 is 5.73 Å². The van der Waals surface area contributed by atoms with Gasteiger partial charge in [0.2, 0.25) is 0 Å². The molecule has 1 aromatic carbocycles. The molecule has 2 N–H and O–H groups in total. The molecule has 0 aliphatic carbocycles. The molecule has 142 valence electrons. The minimum atomic E-state index is -0.507. The number of oxazole rings is 1. The van der Waals surface area contributed by atoms with Crippen molar-refractivity contribution < 1.29 is 13.6 Å². The van der Waals surface area contributed by atoms with Gasteiger partial charge in [-0.3, -0.25) is 4.79 Å². The Morgan fingerprint density at radius 1 is 1.38 bits per heavy atom. The fourth-order valence-corrected chi connectivity index (χ4v) is 2.92. The summed E-state index contributed by atoms with van der Waals surface area (Å²) < 4.78 is 20.0. The van der Waals surface area contributed by atoms with Gasteiger partial charge >= 0.3 is 0 Å². The topological polar surface area (TPSA) is 72.4 Å². The number of rotatable bonds is 3. The van der Waals surface area contributed by atoms with Crippen LogP contribution in [0.5, 0.6) is 0 Å². The van der Waals surface area contributed by atoms with E-state index in [0.29, 0.717) is 38.4 Å². The van der Waals surface area contributed by atoms with Crippen molar-refractivity contribution in [2.75, 3.05) is 13.1 Å². The Labute approximate surface area is 159 Å². The first kappa shape index (κ1) is 20.4. The molecule has 7 heteroatoms. The molecule has 3 rings (SSSR count). The summed E-state index contributed by atoms with van der Waals surface area (Å²) in [5, 5.41) is 0. The van der Waals surface area contributed by atoms with E-state index in [-0.39, 0.29) is 29.3 Å². The van der Waals surface area contributed by atoms with E-state index in [4.69, 9.17) is 10.2 Å². The molecule has 0 bridgehead atoms. The SMILES string of the molecule is CC(C)(C)c1nc2c(o1)CCN(C(=O)c1cc(CCN)ccc1F)C2.Cl. The second-order valence-electron chi connectivity index (χ2n) is 7.47. The van der Waals surface area contributed by atoms with Crippen molar-refractivity contribution in [3.05, 3.63) is 52.5 Å². The standard InChI is InChI=1S/C19H24FN3O2.ClH/c1-19(2,3)18-22-15-11-23(9-7-16(15)25-18)17(24)13-10-12(6-8-21)4-5-14(13)20;/h4-5,10H,6-9,11,21H2,1-3H3;1H. The van der Waals surface area contributed by atoms with Gasteiger partial charge in [0, 0.05) is 18.4 Å². The molecule has 1 amide bonds. The van der Waals surface area contributed by atoms with E-state index in [0.717, 1.165) is 17.0 Å². The van der Waals surface area contributed by atoms with Crippen molar-refractivity contribution in [3.8, 4) is 0 Å². The average Bonchev–Trinajstić information content (AvgIpc) is 2.99. The Hall–Kier alpha value is -1.92. The molecule has 1 aliphatic heterocycles. The first-order valence-electron chi connectivity index (χ1n) is 8.56. The van der Waals surface area contributed by atoms with E-state index >= 15 is 0 Å². The van der Waals surface area contributed by atoms with Crippen LogP contribution in [0.3, 0.4) is 0 Å². The highest BCUT2D eigenvalue weighted by atomic mass is 35.5. The molecule has 0 atom stereocenters. The zero-order valence-electron chi connectivity index (χ0n) is 15.3. The van der Waals surface area contributed by atoms with Crippen molar-refractivity contribution in [2.45, 2.75) is 45.6 Å². The third-order valence-corrected chi connectivity index (χ3v) is 4.35. The Morgan fingerprint density at radius 3 is 2.77 bits per heavy atom. The number of hydrogen-bond donors (Lipinski definition) is 1. The number of carbonyl (C=O) groups excluding carboxylic acids is 1. The number of nitrogens with zero attached hydrogens (tertiary/aromatic N) is 2. The number of halogens is 2. The van der Waals surface area contributed by atoms with Crippen molar-refractivity contribution in [1.82, 2.24) is 9.88 Å². The molecule has 0 radical (unpaired) electrons. The van der Waals surface area contributed by atoms with E-state index in [2.05, 4.69) is 4.98 Å². The van der Waals surface area contributed by atoms with Gasteiger partial charge in [0.15, 0.2) is 5.89 Å². The van der Waals surface area contributed by atoms with Crippen LogP contribution in [0.15, 0.2) is 22.6 Å². The fourth-order valence-electron chi connectivity index (χ4n) is 2.92. The van der Waals surface area contributed by atoms with E-state index in [1.54, 1.807) is 17.0 Å². The van der Waals surface area contributed by atoms with Crippen LogP contribution in [-0.2, 0) is 24.8 Å². The third-order valence-electron chi connectivity index (χ3n) is 4.35. The molecule has 0 spiro atoms. The maximum Gasteiger partial charge on any atom is 0.257 e. The number of amides is 1. The lowest BCUT2D eigenvalue weighted by Gasteiger charge is -2.25. The molecule has 2 heterocycles. The summed E-state index contributed by atoms with van der Waals surface area (Å²) in [7, 11) is 0. The molecule has 1 aromatic heterocycles. The number of benzene rings is 1. The minimum Gasteiger partial charge on any atom is -0.445 e. The molecular formula is C19H25ClFN3O2. The molecule has 0 unspecified atom stereocenters. The van der Waals surface area contributed by atoms with Gasteiger partial charge in [0.25, 0.3) is 5.91 Å². The summed E-state index contributed by atoms with van der Waals surface area (Å²) in [6, 6.07) is 4.60. The second kappa shape index (κ2) is 7.76. The van der Waals surface area contributed by atoms with Crippen LogP contribution in [-0.4, -0.2) is 28.9 Å². The number of aromatic nitrogens is 1. The molecule has 26 heavy (non-hydrogen) atoms. The maximum absolute atomic E-state index is 14.2. The van der Waals surface area contributed by atoms with Gasteiger partial charge < -0.3 is 15.1 Å². The Kier molecular flexibility index (Phi) is 6.09. The normalized spacial score (nSPS) is 14.0. The van der Waals surface area contributed by atoms with Gasteiger partial charge in [0.1, 0.15) is 17.3 Å². The maximum atomic E-state index is 14.2. The van der Waals surface area contributed by atoms with Crippen molar-refractivity contribution >= 4 is 18.3 Å². The third kappa shape index (κ3) is 4.07. The smallest absolute Gasteiger partial charge is 0.257 e. The molecule has 1 aliphatic rings. The lowest BCUT2D eigenvalue weighted by atomic mass is 9.97. The molecular weight excluding hydrogens is 357 g/mol. The summed E-state index contributed by atoms with van der Waals surface area (Å²) in [6.07, 6.45) is 1.21. The van der Waals surface area contributed by atoms with Gasteiger partial charge in [-0.15, -0.1) is 12.4 Å². The largest absolute Gasteiger partial charge is 0.445 e. The molecule has 2 aromatic rings. The first-order chi connectivity index (χ1) is 11.8. The summed E-state index contributed by atoms with van der Waals surface area (Å²) >= 11 is 0. The van der Waals surface area contributed by atoms with Gasteiger partial charge in [0.05, 0.1) is 12.1 Å². The Morgan fingerprint density at radius 2 is 2.12 bits per heavy atom. The van der Waals surface area contributed by atoms with Crippen molar-refractivity contribution in [2.24, 2.45) is 5.73 Å². The lowest BCUT2D eigenvalue weighted by molar-refractivity contribution is 0.0723. The van der Waals surface area contributed by atoms with E-state index < -0.39 is 5.82 Å². The molecule has 0 fully saturated rings. The zero-order valence-corrected chi connectivity index (χ0v) is 16.2. The van der Waals surface area contributed by atoms with Gasteiger partial charge in [-0.05, 0) is 30.7 Å². The zero-order chi connectivity index (χ0) is 18.2. The Balaban J connectivity index is 0.00000243. The quantitative estimate of drug-likeness (QED) is 0.885. The lowest BCUT2D eigenvalue weighted by Crippen LogP contribution is -2.36.